The van der Waals surface area contributed by atoms with Crippen LogP contribution >= 0.6 is 7.60 Å². The first-order chi connectivity index (χ1) is 16.0. The van der Waals surface area contributed by atoms with Gasteiger partial charge in [0.15, 0.2) is 0 Å². The van der Waals surface area contributed by atoms with Gasteiger partial charge in [-0.05, 0) is 41.7 Å². The molecule has 0 atom stereocenters. The first-order valence-electron chi connectivity index (χ1n) is 11.2. The average molecular weight is 467 g/mol. The van der Waals surface area contributed by atoms with Gasteiger partial charge in [0.1, 0.15) is 18.1 Å². The van der Waals surface area contributed by atoms with Crippen molar-refractivity contribution in [3.8, 4) is 22.6 Å². The molecule has 174 valence electrons. The Kier molecular flexibility index (Phi) is 9.32. The van der Waals surface area contributed by atoms with Crippen LogP contribution in [0.5, 0.6) is 11.5 Å². The normalized spacial score (nSPS) is 11.2. The third kappa shape index (κ3) is 8.21. The second-order valence-corrected chi connectivity index (χ2v) is 9.66. The van der Waals surface area contributed by atoms with Crippen molar-refractivity contribution in [2.24, 2.45) is 0 Å². The second-order valence-electron chi connectivity index (χ2n) is 7.88. The van der Waals surface area contributed by atoms with Crippen LogP contribution in [0, 0.1) is 0 Å². The van der Waals surface area contributed by atoms with Crippen LogP contribution < -0.4 is 9.47 Å². The third-order valence-electron chi connectivity index (χ3n) is 5.26. The van der Waals surface area contributed by atoms with Crippen molar-refractivity contribution in [2.75, 3.05) is 12.8 Å². The molecular formula is C27H31O5P. The van der Waals surface area contributed by atoms with Crippen LogP contribution in [0.4, 0.5) is 0 Å². The Hall–Kier alpha value is -2.85. The highest BCUT2D eigenvalue weighted by Gasteiger charge is 2.14. The van der Waals surface area contributed by atoms with Crippen LogP contribution in [-0.2, 0) is 11.2 Å². The second kappa shape index (κ2) is 12.4. The van der Waals surface area contributed by atoms with E-state index in [9.17, 15) is 4.57 Å². The van der Waals surface area contributed by atoms with E-state index in [0.29, 0.717) is 19.6 Å². The predicted octanol–water partition coefficient (Wildman–Crippen LogP) is 6.69. The Morgan fingerprint density at radius 2 is 1.45 bits per heavy atom. The van der Waals surface area contributed by atoms with Crippen LogP contribution in [-0.4, -0.2) is 22.6 Å². The van der Waals surface area contributed by atoms with E-state index < -0.39 is 7.60 Å². The molecule has 3 aromatic carbocycles. The summed E-state index contributed by atoms with van der Waals surface area (Å²) in [5.74, 6) is 1.52. The summed E-state index contributed by atoms with van der Waals surface area (Å²) in [6.07, 6.45) is 4.73. The van der Waals surface area contributed by atoms with Crippen LogP contribution in [0.2, 0.25) is 0 Å². The Morgan fingerprint density at radius 3 is 2.12 bits per heavy atom. The molecule has 0 spiro atoms. The van der Waals surface area contributed by atoms with Crippen molar-refractivity contribution in [2.45, 2.75) is 32.3 Å². The molecule has 2 N–H and O–H groups in total. The van der Waals surface area contributed by atoms with Crippen molar-refractivity contribution >= 4 is 13.7 Å². The number of rotatable bonds is 13. The number of hydrogen-bond acceptors (Lipinski definition) is 3. The van der Waals surface area contributed by atoms with Crippen LogP contribution in [0.3, 0.4) is 0 Å². The van der Waals surface area contributed by atoms with Gasteiger partial charge in [0.25, 0.3) is 0 Å². The quantitative estimate of drug-likeness (QED) is 0.217. The van der Waals surface area contributed by atoms with Gasteiger partial charge in [-0.2, -0.15) is 0 Å². The van der Waals surface area contributed by atoms with Gasteiger partial charge in [0.2, 0.25) is 0 Å². The molecule has 0 amide bonds. The minimum absolute atomic E-state index is 0.0539. The highest BCUT2D eigenvalue weighted by Crippen LogP contribution is 2.39. The lowest BCUT2D eigenvalue weighted by atomic mass is 10.0. The van der Waals surface area contributed by atoms with Crippen molar-refractivity contribution in [3.05, 3.63) is 90.5 Å². The highest BCUT2D eigenvalue weighted by molar-refractivity contribution is 7.51. The molecule has 0 unspecified atom stereocenters. The van der Waals surface area contributed by atoms with Gasteiger partial charge < -0.3 is 19.3 Å². The minimum atomic E-state index is -3.90. The van der Waals surface area contributed by atoms with Gasteiger partial charge in [-0.25, -0.2) is 0 Å². The summed E-state index contributed by atoms with van der Waals surface area (Å²) in [6, 6.07) is 24.0. The van der Waals surface area contributed by atoms with Gasteiger partial charge in [-0.15, -0.1) is 0 Å². The summed E-state index contributed by atoms with van der Waals surface area (Å²) >= 11 is 0. The molecule has 0 bridgehead atoms. The van der Waals surface area contributed by atoms with Crippen molar-refractivity contribution in [1.29, 1.82) is 0 Å². The Labute approximate surface area is 195 Å². The van der Waals surface area contributed by atoms with Gasteiger partial charge in [-0.1, -0.05) is 86.2 Å². The standard InChI is InChI=1S/C27H31O5P/c1-2-22-15-17-23(18-16-22)21-32-26-14-10-13-25(27(26)24-11-6-5-7-12-24)31-19-8-3-4-9-20-33(28,29)30/h2,5-7,10-18H,1,3-4,8-9,19-21H2,(H2,28,29,30). The van der Waals surface area contributed by atoms with Crippen molar-refractivity contribution in [3.63, 3.8) is 0 Å². The predicted molar refractivity (Wildman–Crippen MR) is 134 cm³/mol. The lowest BCUT2D eigenvalue weighted by Crippen LogP contribution is -2.02. The SMILES string of the molecule is C=Cc1ccc(COc2cccc(OCCCCCCP(=O)(O)O)c2-c2ccccc2)cc1. The van der Waals surface area contributed by atoms with E-state index in [-0.39, 0.29) is 6.16 Å². The smallest absolute Gasteiger partial charge is 0.325 e. The lowest BCUT2D eigenvalue weighted by molar-refractivity contribution is 0.292. The zero-order valence-corrected chi connectivity index (χ0v) is 19.6. The maximum atomic E-state index is 10.9. The summed E-state index contributed by atoms with van der Waals surface area (Å²) in [4.78, 5) is 17.9. The number of benzene rings is 3. The Morgan fingerprint density at radius 1 is 0.788 bits per heavy atom. The van der Waals surface area contributed by atoms with Crippen LogP contribution in [0.1, 0.15) is 36.8 Å². The minimum Gasteiger partial charge on any atom is -0.493 e. The van der Waals surface area contributed by atoms with Crippen LogP contribution in [0.25, 0.3) is 17.2 Å². The van der Waals surface area contributed by atoms with E-state index in [2.05, 4.69) is 6.58 Å². The van der Waals surface area contributed by atoms with Gasteiger partial charge in [-0.3, -0.25) is 4.57 Å². The summed E-state index contributed by atoms with van der Waals surface area (Å²) in [7, 11) is -3.90. The summed E-state index contributed by atoms with van der Waals surface area (Å²) in [5, 5.41) is 0. The summed E-state index contributed by atoms with van der Waals surface area (Å²) in [6.45, 7) is 4.76. The molecule has 33 heavy (non-hydrogen) atoms. The van der Waals surface area contributed by atoms with E-state index in [1.165, 1.54) is 0 Å². The number of hydrogen-bond donors (Lipinski definition) is 2. The molecule has 6 heteroatoms. The molecule has 0 fully saturated rings. The maximum absolute atomic E-state index is 10.9. The first-order valence-corrected chi connectivity index (χ1v) is 13.0. The molecule has 0 aromatic heterocycles. The average Bonchev–Trinajstić information content (AvgIpc) is 2.82. The largest absolute Gasteiger partial charge is 0.493 e. The van der Waals surface area contributed by atoms with E-state index in [1.807, 2.05) is 78.9 Å². The molecule has 0 aliphatic carbocycles. The molecule has 0 aliphatic rings. The molecule has 0 aliphatic heterocycles. The fourth-order valence-electron chi connectivity index (χ4n) is 3.51. The molecule has 5 nitrogen and oxygen atoms in total. The monoisotopic (exact) mass is 466 g/mol. The Bertz CT molecular complexity index is 1060. The van der Waals surface area contributed by atoms with Gasteiger partial charge >= 0.3 is 7.60 Å². The summed E-state index contributed by atoms with van der Waals surface area (Å²) < 4.78 is 23.3. The first kappa shape index (κ1) is 24.8. The molecule has 3 aromatic rings. The van der Waals surface area contributed by atoms with Crippen LogP contribution in [0.15, 0.2) is 79.4 Å². The number of ether oxygens (including phenoxy) is 2. The maximum Gasteiger partial charge on any atom is 0.325 e. The fourth-order valence-corrected chi connectivity index (χ4v) is 4.14. The molecule has 0 saturated heterocycles. The molecular weight excluding hydrogens is 435 g/mol. The fraction of sp³-hybridized carbons (Fsp3) is 0.259. The third-order valence-corrected chi connectivity index (χ3v) is 6.16. The van der Waals surface area contributed by atoms with E-state index in [4.69, 9.17) is 19.3 Å². The molecule has 0 heterocycles. The zero-order valence-electron chi connectivity index (χ0n) is 18.7. The van der Waals surface area contributed by atoms with Crippen molar-refractivity contribution in [1.82, 2.24) is 0 Å². The van der Waals surface area contributed by atoms with Gasteiger partial charge in [0.05, 0.1) is 12.2 Å². The number of unbranched alkanes of at least 4 members (excludes halogenated alkanes) is 3. The van der Waals surface area contributed by atoms with Gasteiger partial charge in [0, 0.05) is 6.16 Å². The molecule has 0 saturated carbocycles. The van der Waals surface area contributed by atoms with E-state index in [1.54, 1.807) is 0 Å². The Balaban J connectivity index is 1.66. The topological polar surface area (TPSA) is 76.0 Å². The van der Waals surface area contributed by atoms with E-state index in [0.717, 1.165) is 53.0 Å². The van der Waals surface area contributed by atoms with Crippen molar-refractivity contribution < 1.29 is 23.8 Å². The highest BCUT2D eigenvalue weighted by atomic mass is 31.2. The molecule has 0 radical (unpaired) electrons. The lowest BCUT2D eigenvalue weighted by Gasteiger charge is -2.17. The van der Waals surface area contributed by atoms with E-state index >= 15 is 0 Å². The summed E-state index contributed by atoms with van der Waals surface area (Å²) in [5.41, 5.74) is 4.08. The zero-order chi connectivity index (χ0) is 23.5. The molecule has 3 rings (SSSR count).